The summed E-state index contributed by atoms with van der Waals surface area (Å²) in [6.07, 6.45) is 19.1. The first kappa shape index (κ1) is 41.7. The van der Waals surface area contributed by atoms with Crippen molar-refractivity contribution in [2.45, 2.75) is 76.2 Å². The van der Waals surface area contributed by atoms with Gasteiger partial charge in [0.1, 0.15) is 22.3 Å². The zero-order chi connectivity index (χ0) is 47.4. The van der Waals surface area contributed by atoms with Gasteiger partial charge in [-0.1, -0.05) is 160 Å². The minimum absolute atomic E-state index is 0.0841. The summed E-state index contributed by atoms with van der Waals surface area (Å²) in [5.74, 6) is 1.38. The Morgan fingerprint density at radius 3 is 1.51 bits per heavy atom. The number of fused-ring (bicyclic) bond motifs is 13. The molecular formula is C67H54N2O3. The number of rotatable bonds is 8. The van der Waals surface area contributed by atoms with Crippen LogP contribution in [0.5, 0.6) is 0 Å². The summed E-state index contributed by atoms with van der Waals surface area (Å²) in [4.78, 5) is 4.87. The Labute approximate surface area is 418 Å². The highest BCUT2D eigenvalue weighted by Crippen LogP contribution is 2.49. The molecule has 5 nitrogen and oxygen atoms in total. The summed E-state index contributed by atoms with van der Waals surface area (Å²) in [5, 5.41) is 11.6. The van der Waals surface area contributed by atoms with Gasteiger partial charge in [0.25, 0.3) is 0 Å². The molecule has 3 aromatic heterocycles. The molecule has 12 aromatic rings. The van der Waals surface area contributed by atoms with Crippen molar-refractivity contribution in [2.24, 2.45) is 5.92 Å². The second-order valence-electron chi connectivity index (χ2n) is 20.9. The highest BCUT2D eigenvalue weighted by atomic mass is 16.3. The third-order valence-electron chi connectivity index (χ3n) is 16.8. The Kier molecular flexibility index (Phi) is 9.58. The molecule has 0 radical (unpaired) electrons. The molecule has 2 fully saturated rings. The topological polar surface area (TPSA) is 45.9 Å². The SMILES string of the molecule is CC1C=CC=CC1N(c1ccc2c(ccc3oc4ccc5cc(N(c6ccccc6)c6cccc7c6oc6c(C8CCCC8)cccc67)ccc5c4c32)c1)c1cccc2c1oc1c(C3CCCC3)cccc12. The molecule has 72 heavy (non-hydrogen) atoms. The van der Waals surface area contributed by atoms with E-state index in [2.05, 4.69) is 205 Å². The molecule has 2 saturated carbocycles. The molecule has 0 spiro atoms. The standard InChI is InChI=1S/C67H54N2O3/c1-41-15-5-10-28-57(41)69(59-30-14-27-56-54-25-12-23-52(43-18-8-9-19-43)65(54)72-67(56)59)48-34-36-50-45(40-48)32-38-61-63(50)62-49-35-33-47(39-44(49)31-37-60(62)70-61)68(46-20-3-2-4-21-46)58-29-13-26-55-53-24-11-22-51(42-16-6-7-17-42)64(53)71-66(55)58/h2-5,10-15,20-43,57H,6-9,16-19H2,1H3. The van der Waals surface area contributed by atoms with Crippen LogP contribution in [0.2, 0.25) is 0 Å². The molecule has 350 valence electrons. The number of anilines is 5. The molecule has 2 atom stereocenters. The van der Waals surface area contributed by atoms with E-state index in [0.717, 1.165) is 94.3 Å². The van der Waals surface area contributed by atoms with Gasteiger partial charge >= 0.3 is 0 Å². The molecule has 2 unspecified atom stereocenters. The zero-order valence-electron chi connectivity index (χ0n) is 40.5. The van der Waals surface area contributed by atoms with Crippen LogP contribution < -0.4 is 9.80 Å². The van der Waals surface area contributed by atoms with Crippen LogP contribution in [-0.4, -0.2) is 6.04 Å². The van der Waals surface area contributed by atoms with Crippen molar-refractivity contribution in [1.82, 2.24) is 0 Å². The number of hydrogen-bond acceptors (Lipinski definition) is 5. The summed E-state index contributed by atoms with van der Waals surface area (Å²) in [6, 6.07) is 60.2. The Morgan fingerprint density at radius 2 is 0.917 bits per heavy atom. The summed E-state index contributed by atoms with van der Waals surface area (Å²) < 4.78 is 20.9. The van der Waals surface area contributed by atoms with Crippen LogP contribution >= 0.6 is 0 Å². The van der Waals surface area contributed by atoms with Crippen LogP contribution in [0.3, 0.4) is 0 Å². The Morgan fingerprint density at radius 1 is 0.403 bits per heavy atom. The largest absolute Gasteiger partial charge is 0.456 e. The maximum absolute atomic E-state index is 7.10. The maximum atomic E-state index is 7.10. The van der Waals surface area contributed by atoms with Crippen molar-refractivity contribution in [3.05, 3.63) is 199 Å². The van der Waals surface area contributed by atoms with Crippen molar-refractivity contribution in [2.75, 3.05) is 9.80 Å². The molecule has 0 bridgehead atoms. The highest BCUT2D eigenvalue weighted by molar-refractivity contribution is 6.27. The Hall–Kier alpha value is -8.02. The van der Waals surface area contributed by atoms with E-state index >= 15 is 0 Å². The van der Waals surface area contributed by atoms with E-state index in [9.17, 15) is 0 Å². The van der Waals surface area contributed by atoms with Crippen LogP contribution in [0.25, 0.3) is 87.4 Å². The van der Waals surface area contributed by atoms with E-state index in [-0.39, 0.29) is 12.0 Å². The fraction of sp³-hybridized carbons (Fsp3) is 0.194. The molecule has 5 heteroatoms. The number of nitrogens with zero attached hydrogens (tertiary/aromatic N) is 2. The number of benzene rings is 9. The van der Waals surface area contributed by atoms with Gasteiger partial charge in [0.15, 0.2) is 11.2 Å². The van der Waals surface area contributed by atoms with Gasteiger partial charge in [0, 0.05) is 49.4 Å². The Balaban J connectivity index is 0.873. The van der Waals surface area contributed by atoms with Crippen molar-refractivity contribution < 1.29 is 13.3 Å². The molecular weight excluding hydrogens is 881 g/mol. The van der Waals surface area contributed by atoms with Gasteiger partial charge in [-0.3, -0.25) is 0 Å². The second kappa shape index (κ2) is 16.5. The minimum Gasteiger partial charge on any atom is -0.456 e. The molecule has 3 heterocycles. The molecule has 0 aliphatic heterocycles. The van der Waals surface area contributed by atoms with Crippen LogP contribution in [0.15, 0.2) is 201 Å². The Bertz CT molecular complexity index is 4180. The van der Waals surface area contributed by atoms with Crippen LogP contribution in [0, 0.1) is 5.92 Å². The quantitative estimate of drug-likeness (QED) is 0.152. The lowest BCUT2D eigenvalue weighted by molar-refractivity contribution is 0.602. The predicted octanol–water partition coefficient (Wildman–Crippen LogP) is 19.7. The van der Waals surface area contributed by atoms with E-state index in [1.54, 1.807) is 0 Å². The fourth-order valence-electron chi connectivity index (χ4n) is 13.3. The van der Waals surface area contributed by atoms with Gasteiger partial charge in [0.2, 0.25) is 0 Å². The molecule has 3 aliphatic carbocycles. The number of para-hydroxylation sites is 5. The van der Waals surface area contributed by atoms with E-state index in [1.165, 1.54) is 84.0 Å². The van der Waals surface area contributed by atoms with Crippen molar-refractivity contribution >= 4 is 116 Å². The lowest BCUT2D eigenvalue weighted by Crippen LogP contribution is -2.35. The van der Waals surface area contributed by atoms with Crippen molar-refractivity contribution in [3.8, 4) is 0 Å². The van der Waals surface area contributed by atoms with Gasteiger partial charge < -0.3 is 23.1 Å². The summed E-state index contributed by atoms with van der Waals surface area (Å²) >= 11 is 0. The molecule has 0 saturated heterocycles. The summed E-state index contributed by atoms with van der Waals surface area (Å²) in [7, 11) is 0. The monoisotopic (exact) mass is 934 g/mol. The third-order valence-corrected chi connectivity index (χ3v) is 16.8. The third kappa shape index (κ3) is 6.45. The normalized spacial score (nSPS) is 17.7. The summed E-state index contributed by atoms with van der Waals surface area (Å²) in [5.41, 5.74) is 13.8. The molecule has 9 aromatic carbocycles. The van der Waals surface area contributed by atoms with Crippen LogP contribution in [0.1, 0.15) is 81.3 Å². The van der Waals surface area contributed by atoms with E-state index in [1.807, 2.05) is 0 Å². The fourth-order valence-corrected chi connectivity index (χ4v) is 13.3. The number of furan rings is 3. The number of hydrogen-bond donors (Lipinski definition) is 0. The van der Waals surface area contributed by atoms with Gasteiger partial charge in [-0.25, -0.2) is 0 Å². The zero-order valence-corrected chi connectivity index (χ0v) is 40.5. The molecule has 3 aliphatic rings. The first-order valence-electron chi connectivity index (χ1n) is 26.3. The van der Waals surface area contributed by atoms with Crippen molar-refractivity contribution in [3.63, 3.8) is 0 Å². The van der Waals surface area contributed by atoms with Gasteiger partial charge in [0.05, 0.1) is 17.4 Å². The number of allylic oxidation sites excluding steroid dienone is 2. The molecule has 0 N–H and O–H groups in total. The maximum Gasteiger partial charge on any atom is 0.159 e. The molecule has 0 amide bonds. The summed E-state index contributed by atoms with van der Waals surface area (Å²) in [6.45, 7) is 2.32. The first-order valence-corrected chi connectivity index (χ1v) is 26.3. The lowest BCUT2D eigenvalue weighted by atomic mass is 9.93. The average molecular weight is 935 g/mol. The second-order valence-corrected chi connectivity index (χ2v) is 20.9. The van der Waals surface area contributed by atoms with E-state index in [4.69, 9.17) is 13.3 Å². The highest BCUT2D eigenvalue weighted by Gasteiger charge is 2.30. The van der Waals surface area contributed by atoms with Gasteiger partial charge in [-0.2, -0.15) is 0 Å². The molecule has 15 rings (SSSR count). The first-order chi connectivity index (χ1) is 35.6. The minimum atomic E-state index is 0.0841. The van der Waals surface area contributed by atoms with E-state index in [0.29, 0.717) is 11.8 Å². The smallest absolute Gasteiger partial charge is 0.159 e. The van der Waals surface area contributed by atoms with E-state index < -0.39 is 0 Å². The average Bonchev–Trinajstić information content (AvgIpc) is 4.30. The van der Waals surface area contributed by atoms with Crippen LogP contribution in [-0.2, 0) is 0 Å². The lowest BCUT2D eigenvalue weighted by Gasteiger charge is -2.36. The van der Waals surface area contributed by atoms with Gasteiger partial charge in [-0.15, -0.1) is 0 Å². The van der Waals surface area contributed by atoms with Gasteiger partial charge in [-0.05, 0) is 137 Å². The predicted molar refractivity (Wildman–Crippen MR) is 300 cm³/mol. The van der Waals surface area contributed by atoms with Crippen molar-refractivity contribution in [1.29, 1.82) is 0 Å². The van der Waals surface area contributed by atoms with Crippen LogP contribution in [0.4, 0.5) is 28.4 Å².